The lowest BCUT2D eigenvalue weighted by atomic mass is 9.78. The van der Waals surface area contributed by atoms with Gasteiger partial charge in [-0.15, -0.1) is 0 Å². The second kappa shape index (κ2) is 9.72. The Morgan fingerprint density at radius 1 is 0.886 bits per heavy atom. The fourth-order valence-corrected chi connectivity index (χ4v) is 9.22. The molecule has 5 fully saturated rings. The number of benzene rings is 3. The summed E-state index contributed by atoms with van der Waals surface area (Å²) in [5, 5.41) is 16.0. The molecular formula is C35H37F2N5O2. The van der Waals surface area contributed by atoms with Gasteiger partial charge in [0.1, 0.15) is 22.9 Å². The lowest BCUT2D eigenvalue weighted by molar-refractivity contribution is 0.0555. The van der Waals surface area contributed by atoms with Crippen LogP contribution in [0.25, 0.3) is 32.8 Å². The molecule has 2 N–H and O–H groups in total. The molecule has 5 heterocycles. The van der Waals surface area contributed by atoms with Gasteiger partial charge in [-0.05, 0) is 111 Å². The van der Waals surface area contributed by atoms with E-state index in [1.165, 1.54) is 57.0 Å². The van der Waals surface area contributed by atoms with E-state index in [0.29, 0.717) is 46.2 Å². The van der Waals surface area contributed by atoms with Crippen LogP contribution in [0.2, 0.25) is 0 Å². The highest BCUT2D eigenvalue weighted by Crippen LogP contribution is 2.63. The Morgan fingerprint density at radius 3 is 2.41 bits per heavy atom. The van der Waals surface area contributed by atoms with Crippen molar-refractivity contribution >= 4 is 27.5 Å². The lowest BCUT2D eigenvalue weighted by Crippen LogP contribution is -2.51. The molecule has 228 valence electrons. The number of halogens is 2. The largest absolute Gasteiger partial charge is 0.508 e. The van der Waals surface area contributed by atoms with Crippen molar-refractivity contribution in [3.8, 4) is 22.9 Å². The summed E-state index contributed by atoms with van der Waals surface area (Å²) in [5.74, 6) is -0.255. The number of aromatic nitrogens is 2. The topological polar surface area (TPSA) is 73.8 Å². The van der Waals surface area contributed by atoms with Crippen LogP contribution in [0.1, 0.15) is 51.4 Å². The number of anilines is 1. The molecule has 9 heteroatoms. The zero-order valence-corrected chi connectivity index (χ0v) is 24.8. The van der Waals surface area contributed by atoms with E-state index in [-0.39, 0.29) is 33.8 Å². The van der Waals surface area contributed by atoms with Gasteiger partial charge in [-0.3, -0.25) is 4.90 Å². The number of hydrogen-bond acceptors (Lipinski definition) is 7. The Kier molecular flexibility index (Phi) is 5.92. The van der Waals surface area contributed by atoms with Crippen LogP contribution in [-0.2, 0) is 0 Å². The summed E-state index contributed by atoms with van der Waals surface area (Å²) in [6, 6.07) is 11.9. The van der Waals surface area contributed by atoms with Crippen LogP contribution in [0, 0.1) is 17.0 Å². The van der Waals surface area contributed by atoms with Gasteiger partial charge in [0, 0.05) is 47.1 Å². The molecule has 2 atom stereocenters. The normalized spacial score (nSPS) is 25.2. The smallest absolute Gasteiger partial charge is 0.319 e. The number of fused-ring (bicyclic) bond motifs is 5. The lowest BCUT2D eigenvalue weighted by Gasteiger charge is -2.40. The van der Waals surface area contributed by atoms with Gasteiger partial charge in [-0.25, -0.2) is 8.78 Å². The van der Waals surface area contributed by atoms with E-state index >= 15 is 4.39 Å². The molecule has 5 aliphatic rings. The Hall–Kier alpha value is -3.56. The molecule has 1 aromatic heterocycles. The van der Waals surface area contributed by atoms with Gasteiger partial charge in [0.2, 0.25) is 0 Å². The van der Waals surface area contributed by atoms with Crippen LogP contribution in [0.3, 0.4) is 0 Å². The third-order valence-electron chi connectivity index (χ3n) is 11.4. The molecule has 2 bridgehead atoms. The van der Waals surface area contributed by atoms with Crippen LogP contribution in [-0.4, -0.2) is 70.4 Å². The van der Waals surface area contributed by atoms with Gasteiger partial charge >= 0.3 is 6.01 Å². The van der Waals surface area contributed by atoms with Crippen LogP contribution in [0.5, 0.6) is 11.8 Å². The summed E-state index contributed by atoms with van der Waals surface area (Å²) in [6.07, 6.45) is 9.45. The number of phenols is 1. The zero-order valence-electron chi connectivity index (χ0n) is 24.8. The average molecular weight is 598 g/mol. The molecule has 3 aromatic carbocycles. The molecule has 7 nitrogen and oxygen atoms in total. The predicted molar refractivity (Wildman–Crippen MR) is 166 cm³/mol. The van der Waals surface area contributed by atoms with E-state index in [2.05, 4.69) is 15.1 Å². The van der Waals surface area contributed by atoms with Crippen LogP contribution >= 0.6 is 0 Å². The zero-order chi connectivity index (χ0) is 29.6. The molecule has 4 aliphatic heterocycles. The van der Waals surface area contributed by atoms with Crippen molar-refractivity contribution in [1.29, 1.82) is 0 Å². The molecule has 0 spiro atoms. The number of nitrogens with one attached hydrogen (secondary N) is 1. The molecule has 9 rings (SSSR count). The summed E-state index contributed by atoms with van der Waals surface area (Å²) in [6.45, 7) is 4.48. The van der Waals surface area contributed by atoms with Gasteiger partial charge in [0.05, 0.1) is 6.61 Å². The second-order valence-electron chi connectivity index (χ2n) is 13.8. The first-order valence-electron chi connectivity index (χ1n) is 16.2. The van der Waals surface area contributed by atoms with Crippen molar-refractivity contribution in [3.63, 3.8) is 0 Å². The van der Waals surface area contributed by atoms with Crippen molar-refractivity contribution in [2.45, 2.75) is 69.0 Å². The minimum absolute atomic E-state index is 0.00993. The molecule has 4 aromatic rings. The van der Waals surface area contributed by atoms with Crippen molar-refractivity contribution in [3.05, 3.63) is 54.1 Å². The fraction of sp³-hybridized carbons (Fsp3) is 0.486. The van der Waals surface area contributed by atoms with Crippen molar-refractivity contribution < 1.29 is 18.6 Å². The van der Waals surface area contributed by atoms with Crippen molar-refractivity contribution in [1.82, 2.24) is 20.2 Å². The number of piperazine rings is 1. The van der Waals surface area contributed by atoms with Crippen LogP contribution < -0.4 is 15.0 Å². The number of hydrogen-bond donors (Lipinski definition) is 2. The van der Waals surface area contributed by atoms with Gasteiger partial charge in [0.15, 0.2) is 5.82 Å². The summed E-state index contributed by atoms with van der Waals surface area (Å²) in [4.78, 5) is 14.7. The Morgan fingerprint density at radius 2 is 1.66 bits per heavy atom. The highest BCUT2D eigenvalue weighted by molar-refractivity contribution is 6.01. The maximum absolute atomic E-state index is 16.8. The van der Waals surface area contributed by atoms with E-state index in [0.717, 1.165) is 38.8 Å². The minimum atomic E-state index is -0.525. The first-order chi connectivity index (χ1) is 21.4. The molecular weight excluding hydrogens is 560 g/mol. The minimum Gasteiger partial charge on any atom is -0.508 e. The van der Waals surface area contributed by atoms with Gasteiger partial charge in [-0.2, -0.15) is 9.97 Å². The Bertz CT molecular complexity index is 1790. The fourth-order valence-electron chi connectivity index (χ4n) is 9.22. The quantitative estimate of drug-likeness (QED) is 0.276. The second-order valence-corrected chi connectivity index (χ2v) is 13.8. The molecule has 1 aliphatic carbocycles. The number of ether oxygens (including phenoxy) is 1. The Labute approximate surface area is 255 Å². The number of aromatic hydroxyl groups is 1. The first-order valence-corrected chi connectivity index (χ1v) is 16.2. The predicted octanol–water partition coefficient (Wildman–Crippen LogP) is 6.16. The Balaban J connectivity index is 1.15. The third kappa shape index (κ3) is 4.04. The number of phenolic OH excluding ortho intramolecular Hbond substituents is 1. The maximum atomic E-state index is 16.8. The highest BCUT2D eigenvalue weighted by Gasteiger charge is 2.64. The van der Waals surface area contributed by atoms with Gasteiger partial charge in [0.25, 0.3) is 0 Å². The van der Waals surface area contributed by atoms with Crippen LogP contribution in [0.15, 0.2) is 42.5 Å². The van der Waals surface area contributed by atoms with Crippen molar-refractivity contribution in [2.75, 3.05) is 37.7 Å². The maximum Gasteiger partial charge on any atom is 0.319 e. The van der Waals surface area contributed by atoms with Gasteiger partial charge in [-0.1, -0.05) is 12.1 Å². The van der Waals surface area contributed by atoms with E-state index in [1.807, 2.05) is 6.07 Å². The summed E-state index contributed by atoms with van der Waals surface area (Å²) in [7, 11) is 0. The molecule has 0 radical (unpaired) electrons. The number of rotatable bonds is 6. The first kappa shape index (κ1) is 26.8. The summed E-state index contributed by atoms with van der Waals surface area (Å²) < 4.78 is 37.6. The van der Waals surface area contributed by atoms with E-state index in [9.17, 15) is 9.50 Å². The van der Waals surface area contributed by atoms with E-state index in [1.54, 1.807) is 18.2 Å². The summed E-state index contributed by atoms with van der Waals surface area (Å²) >= 11 is 0. The third-order valence-corrected chi connectivity index (χ3v) is 11.4. The molecule has 2 unspecified atom stereocenters. The van der Waals surface area contributed by atoms with E-state index in [4.69, 9.17) is 14.7 Å². The molecule has 1 saturated carbocycles. The average Bonchev–Trinajstić information content (AvgIpc) is 3.33. The monoisotopic (exact) mass is 597 g/mol. The van der Waals surface area contributed by atoms with E-state index < -0.39 is 11.6 Å². The van der Waals surface area contributed by atoms with Crippen molar-refractivity contribution in [2.24, 2.45) is 5.41 Å². The summed E-state index contributed by atoms with van der Waals surface area (Å²) in [5.41, 5.74) is 1.18. The number of nitrogens with zero attached hydrogens (tertiary/aromatic N) is 4. The standard InChI is InChI=1S/C35H37F2N5O2/c36-22-4-3-21-15-25(43)17-29(28(21)16-22)26-7-8-27-31(30(26)37)39-33(40-32(27)41-18-23-5-6-24(19-41)38-23)44-20-34(11-12-34)35-9-1-13-42(35)14-2-10-35/h3-4,7-8,15-17,23-24,38,43H,1-2,5-6,9-14,18-20H2. The van der Waals surface area contributed by atoms with Crippen LogP contribution in [0.4, 0.5) is 14.6 Å². The van der Waals surface area contributed by atoms with Gasteiger partial charge < -0.3 is 20.1 Å². The highest BCUT2D eigenvalue weighted by atomic mass is 19.1. The molecule has 0 amide bonds. The molecule has 44 heavy (non-hydrogen) atoms. The SMILES string of the molecule is Oc1cc(-c2ccc3c(N4CC5CCC(C4)N5)nc(OCC4(C56CCCN5CCC6)CC4)nc3c2F)c2cc(F)ccc2c1. The molecule has 4 saturated heterocycles.